The molecule has 5 heteroatoms. The van der Waals surface area contributed by atoms with Crippen LogP contribution in [-0.4, -0.2) is 18.1 Å². The molecule has 27 heavy (non-hydrogen) atoms. The number of amides is 1. The fourth-order valence-electron chi connectivity index (χ4n) is 3.04. The summed E-state index contributed by atoms with van der Waals surface area (Å²) in [4.78, 5) is 12.0. The van der Waals surface area contributed by atoms with Gasteiger partial charge in [-0.25, -0.2) is 0 Å². The van der Waals surface area contributed by atoms with Crippen molar-refractivity contribution in [1.82, 2.24) is 5.32 Å². The van der Waals surface area contributed by atoms with Gasteiger partial charge in [0.15, 0.2) is 5.11 Å². The van der Waals surface area contributed by atoms with Crippen molar-refractivity contribution in [3.05, 3.63) is 24.3 Å². The monoisotopic (exact) mass is 392 g/mol. The molecule has 1 rings (SSSR count). The average Bonchev–Trinajstić information content (AvgIpc) is 2.66. The third-order valence-electron chi connectivity index (χ3n) is 4.62. The SMILES string of the molecule is CCCCCCCCCCCCCC(=O)NC(=S)Nc1ccccc1OC. The highest BCUT2D eigenvalue weighted by atomic mass is 32.1. The topological polar surface area (TPSA) is 50.4 Å². The normalized spacial score (nSPS) is 10.4. The third kappa shape index (κ3) is 11.6. The summed E-state index contributed by atoms with van der Waals surface area (Å²) < 4.78 is 5.26. The van der Waals surface area contributed by atoms with E-state index < -0.39 is 0 Å². The summed E-state index contributed by atoms with van der Waals surface area (Å²) in [6.45, 7) is 2.25. The van der Waals surface area contributed by atoms with Crippen LogP contribution in [0.25, 0.3) is 0 Å². The van der Waals surface area contributed by atoms with Crippen LogP contribution < -0.4 is 15.4 Å². The second kappa shape index (κ2) is 15.4. The molecule has 1 aromatic carbocycles. The molecule has 1 aromatic rings. The van der Waals surface area contributed by atoms with E-state index in [0.29, 0.717) is 17.3 Å². The van der Waals surface area contributed by atoms with E-state index in [-0.39, 0.29) is 5.91 Å². The number of benzene rings is 1. The number of carbonyl (C=O) groups excluding carboxylic acids is 1. The first-order valence-corrected chi connectivity index (χ1v) is 10.8. The average molecular weight is 393 g/mol. The highest BCUT2D eigenvalue weighted by Crippen LogP contribution is 2.22. The Balaban J connectivity index is 2.03. The predicted molar refractivity (Wildman–Crippen MR) is 118 cm³/mol. The molecule has 0 fully saturated rings. The molecule has 1 amide bonds. The molecule has 152 valence electrons. The van der Waals surface area contributed by atoms with Gasteiger partial charge in [0, 0.05) is 6.42 Å². The van der Waals surface area contributed by atoms with Gasteiger partial charge in [0.2, 0.25) is 5.91 Å². The second-order valence-corrected chi connectivity index (χ2v) is 7.40. The summed E-state index contributed by atoms with van der Waals surface area (Å²) >= 11 is 5.21. The van der Waals surface area contributed by atoms with E-state index in [1.165, 1.54) is 57.8 Å². The molecule has 2 N–H and O–H groups in total. The van der Waals surface area contributed by atoms with Gasteiger partial charge in [-0.3, -0.25) is 4.79 Å². The summed E-state index contributed by atoms with van der Waals surface area (Å²) in [6.07, 6.45) is 14.6. The maximum atomic E-state index is 12.0. The van der Waals surface area contributed by atoms with Crippen LogP contribution in [0.15, 0.2) is 24.3 Å². The van der Waals surface area contributed by atoms with Crippen LogP contribution in [-0.2, 0) is 4.79 Å². The largest absolute Gasteiger partial charge is 0.495 e. The number of carbonyl (C=O) groups is 1. The number of unbranched alkanes of at least 4 members (excludes halogenated alkanes) is 10. The molecule has 0 unspecified atom stereocenters. The fourth-order valence-corrected chi connectivity index (χ4v) is 3.26. The lowest BCUT2D eigenvalue weighted by Gasteiger charge is -2.12. The van der Waals surface area contributed by atoms with Crippen molar-refractivity contribution in [2.75, 3.05) is 12.4 Å². The van der Waals surface area contributed by atoms with Gasteiger partial charge in [-0.2, -0.15) is 0 Å². The smallest absolute Gasteiger partial charge is 0.226 e. The molecule has 0 aliphatic rings. The molecule has 0 radical (unpaired) electrons. The van der Waals surface area contributed by atoms with Gasteiger partial charge in [-0.1, -0.05) is 83.3 Å². The number of nitrogens with one attached hydrogen (secondary N) is 2. The lowest BCUT2D eigenvalue weighted by molar-refractivity contribution is -0.119. The summed E-state index contributed by atoms with van der Waals surface area (Å²) in [5, 5.41) is 6.06. The zero-order valence-corrected chi connectivity index (χ0v) is 17.8. The highest BCUT2D eigenvalue weighted by molar-refractivity contribution is 7.80. The number of ether oxygens (including phenoxy) is 1. The Morgan fingerprint density at radius 1 is 0.926 bits per heavy atom. The molecule has 0 saturated heterocycles. The Bertz CT molecular complexity index is 549. The fraction of sp³-hybridized carbons (Fsp3) is 0.636. The van der Waals surface area contributed by atoms with Crippen molar-refractivity contribution in [1.29, 1.82) is 0 Å². The molecule has 0 aliphatic heterocycles. The van der Waals surface area contributed by atoms with Gasteiger partial charge in [0.05, 0.1) is 12.8 Å². The van der Waals surface area contributed by atoms with Gasteiger partial charge >= 0.3 is 0 Å². The van der Waals surface area contributed by atoms with Gasteiger partial charge in [0.1, 0.15) is 5.75 Å². The number of hydrogen-bond acceptors (Lipinski definition) is 3. The maximum Gasteiger partial charge on any atom is 0.226 e. The molecule has 0 bridgehead atoms. The van der Waals surface area contributed by atoms with Gasteiger partial charge in [0.25, 0.3) is 0 Å². The zero-order chi connectivity index (χ0) is 19.7. The van der Waals surface area contributed by atoms with E-state index in [9.17, 15) is 4.79 Å². The van der Waals surface area contributed by atoms with E-state index in [0.717, 1.165) is 18.5 Å². The second-order valence-electron chi connectivity index (χ2n) is 6.99. The predicted octanol–water partition coefficient (Wildman–Crippen LogP) is 6.21. The first-order chi connectivity index (χ1) is 13.2. The van der Waals surface area contributed by atoms with Crippen LogP contribution in [0, 0.1) is 0 Å². The van der Waals surface area contributed by atoms with Crippen molar-refractivity contribution in [3.63, 3.8) is 0 Å². The van der Waals surface area contributed by atoms with Crippen molar-refractivity contribution >= 4 is 28.9 Å². The van der Waals surface area contributed by atoms with Crippen LogP contribution in [0.1, 0.15) is 84.0 Å². The van der Waals surface area contributed by atoms with Gasteiger partial charge < -0.3 is 15.4 Å². The molecule has 0 atom stereocenters. The van der Waals surface area contributed by atoms with E-state index in [1.54, 1.807) is 7.11 Å². The molecule has 0 saturated carbocycles. The first-order valence-electron chi connectivity index (χ1n) is 10.4. The van der Waals surface area contributed by atoms with Crippen LogP contribution in [0.4, 0.5) is 5.69 Å². The van der Waals surface area contributed by atoms with E-state index >= 15 is 0 Å². The van der Waals surface area contributed by atoms with E-state index in [4.69, 9.17) is 17.0 Å². The van der Waals surface area contributed by atoms with E-state index in [2.05, 4.69) is 17.6 Å². The van der Waals surface area contributed by atoms with E-state index in [1.807, 2.05) is 24.3 Å². The van der Waals surface area contributed by atoms with Gasteiger partial charge in [-0.05, 0) is 30.8 Å². The van der Waals surface area contributed by atoms with Gasteiger partial charge in [-0.15, -0.1) is 0 Å². The lowest BCUT2D eigenvalue weighted by atomic mass is 10.1. The summed E-state index contributed by atoms with van der Waals surface area (Å²) in [5.41, 5.74) is 0.750. The lowest BCUT2D eigenvalue weighted by Crippen LogP contribution is -2.34. The first kappa shape index (κ1) is 23.4. The molecule has 0 spiro atoms. The molecule has 0 aromatic heterocycles. The summed E-state index contributed by atoms with van der Waals surface area (Å²) in [6, 6.07) is 7.48. The van der Waals surface area contributed by atoms with Crippen LogP contribution in [0.3, 0.4) is 0 Å². The Morgan fingerprint density at radius 3 is 2.07 bits per heavy atom. The van der Waals surface area contributed by atoms with Crippen molar-refractivity contribution in [2.45, 2.75) is 84.0 Å². The number of hydrogen-bond donors (Lipinski definition) is 2. The number of rotatable bonds is 14. The number of anilines is 1. The third-order valence-corrected chi connectivity index (χ3v) is 4.82. The van der Waals surface area contributed by atoms with Crippen molar-refractivity contribution in [3.8, 4) is 5.75 Å². The highest BCUT2D eigenvalue weighted by Gasteiger charge is 2.07. The Labute approximate surface area is 170 Å². The summed E-state index contributed by atoms with van der Waals surface area (Å²) in [5.74, 6) is 0.665. The minimum Gasteiger partial charge on any atom is -0.495 e. The van der Waals surface area contributed by atoms with Crippen molar-refractivity contribution in [2.24, 2.45) is 0 Å². The quantitative estimate of drug-likeness (QED) is 0.292. The van der Waals surface area contributed by atoms with Crippen molar-refractivity contribution < 1.29 is 9.53 Å². The minimum atomic E-state index is -0.0293. The molecular formula is C22H36N2O2S. The number of methoxy groups -OCH3 is 1. The standard InChI is InChI=1S/C22H36N2O2S/c1-3-4-5-6-7-8-9-10-11-12-13-18-21(25)24-22(27)23-19-16-14-15-17-20(19)26-2/h14-17H,3-13,18H2,1-2H3,(H2,23,24,25,27). The van der Waals surface area contributed by atoms with Crippen LogP contribution >= 0.6 is 12.2 Å². The number of thiocarbonyl (C=S) groups is 1. The maximum absolute atomic E-state index is 12.0. The Kier molecular flexibility index (Phi) is 13.4. The Morgan fingerprint density at radius 2 is 1.48 bits per heavy atom. The molecule has 0 aliphatic carbocycles. The summed E-state index contributed by atoms with van der Waals surface area (Å²) in [7, 11) is 1.61. The Hall–Kier alpha value is -1.62. The van der Waals surface area contributed by atoms with Crippen LogP contribution in [0.2, 0.25) is 0 Å². The van der Waals surface area contributed by atoms with Crippen LogP contribution in [0.5, 0.6) is 5.75 Å². The zero-order valence-electron chi connectivity index (χ0n) is 17.0. The number of para-hydroxylation sites is 2. The minimum absolute atomic E-state index is 0.0293. The molecule has 0 heterocycles. The molecule has 4 nitrogen and oxygen atoms in total. The molecular weight excluding hydrogens is 356 g/mol.